The number of fused-ring (bicyclic) bond motifs is 8. The van der Waals surface area contributed by atoms with Crippen LogP contribution in [0.5, 0.6) is 11.5 Å². The number of aromatic amines is 1. The molecule has 6 heteroatoms. The Hall–Kier alpha value is -4.71. The SMILES string of the molecule is CC/C=c1\c(CC)nc2cc3oc4c(C)c5c(cc4nc3cc12)Oc1cc2[nH]c3ccccc3c2cc1N=5. The monoisotopic (exact) mass is 496 g/mol. The molecule has 0 saturated heterocycles. The number of nitrogens with one attached hydrogen (secondary N) is 1. The minimum Gasteiger partial charge on any atom is -0.453 e. The van der Waals surface area contributed by atoms with Crippen molar-refractivity contribution < 1.29 is 9.15 Å². The van der Waals surface area contributed by atoms with Crippen LogP contribution in [-0.2, 0) is 6.42 Å². The van der Waals surface area contributed by atoms with Crippen molar-refractivity contribution in [1.82, 2.24) is 15.0 Å². The lowest BCUT2D eigenvalue weighted by Gasteiger charge is -2.16. The lowest BCUT2D eigenvalue weighted by atomic mass is 10.1. The molecule has 38 heavy (non-hydrogen) atoms. The van der Waals surface area contributed by atoms with Gasteiger partial charge in [0.05, 0.1) is 11.0 Å². The first-order valence-corrected chi connectivity index (χ1v) is 13.1. The highest BCUT2D eigenvalue weighted by Gasteiger charge is 2.20. The van der Waals surface area contributed by atoms with Crippen molar-refractivity contribution in [3.8, 4) is 11.5 Å². The second kappa shape index (κ2) is 7.65. The maximum atomic E-state index is 6.46. The third-order valence-corrected chi connectivity index (χ3v) is 7.60. The number of nitrogens with zero attached hydrogens (tertiary/aromatic N) is 3. The van der Waals surface area contributed by atoms with Crippen molar-refractivity contribution >= 4 is 66.7 Å². The number of hydrogen-bond acceptors (Lipinski definition) is 5. The normalized spacial score (nSPS) is 13.4. The maximum Gasteiger partial charge on any atom is 0.158 e. The average Bonchev–Trinajstić information content (AvgIpc) is 3.46. The van der Waals surface area contributed by atoms with E-state index in [9.17, 15) is 0 Å². The van der Waals surface area contributed by atoms with Crippen molar-refractivity contribution in [3.63, 3.8) is 0 Å². The molecule has 0 saturated carbocycles. The third kappa shape index (κ3) is 2.91. The Morgan fingerprint density at radius 3 is 2.61 bits per heavy atom. The molecule has 3 aromatic heterocycles. The largest absolute Gasteiger partial charge is 0.453 e. The summed E-state index contributed by atoms with van der Waals surface area (Å²) in [7, 11) is 0. The van der Waals surface area contributed by atoms with Gasteiger partial charge in [-0.05, 0) is 38.0 Å². The number of H-pyrrole nitrogens is 1. The molecule has 1 N–H and O–H groups in total. The van der Waals surface area contributed by atoms with Gasteiger partial charge < -0.3 is 14.1 Å². The van der Waals surface area contributed by atoms with E-state index in [0.29, 0.717) is 16.9 Å². The highest BCUT2D eigenvalue weighted by atomic mass is 16.5. The average molecular weight is 497 g/mol. The van der Waals surface area contributed by atoms with Gasteiger partial charge in [0.1, 0.15) is 22.1 Å². The summed E-state index contributed by atoms with van der Waals surface area (Å²) in [6.45, 7) is 6.31. The Morgan fingerprint density at radius 1 is 0.842 bits per heavy atom. The van der Waals surface area contributed by atoms with Crippen molar-refractivity contribution in [2.45, 2.75) is 33.6 Å². The number of benzene rings is 4. The van der Waals surface area contributed by atoms with Crippen LogP contribution >= 0.6 is 0 Å². The molecule has 0 fully saturated rings. The number of para-hydroxylation sites is 1. The number of aryl methyl sites for hydroxylation is 2. The van der Waals surface area contributed by atoms with E-state index >= 15 is 0 Å². The first kappa shape index (κ1) is 21.4. The van der Waals surface area contributed by atoms with Gasteiger partial charge in [-0.2, -0.15) is 0 Å². The lowest BCUT2D eigenvalue weighted by Crippen LogP contribution is -2.14. The van der Waals surface area contributed by atoms with E-state index < -0.39 is 0 Å². The van der Waals surface area contributed by atoms with Crippen LogP contribution in [0, 0.1) is 6.92 Å². The summed E-state index contributed by atoms with van der Waals surface area (Å²) in [5.74, 6) is 1.41. The van der Waals surface area contributed by atoms with E-state index in [4.69, 9.17) is 24.1 Å². The topological polar surface area (TPSA) is 76.3 Å². The predicted molar refractivity (Wildman–Crippen MR) is 152 cm³/mol. The second-order valence-electron chi connectivity index (χ2n) is 9.94. The molecule has 7 aromatic rings. The molecule has 0 aliphatic carbocycles. The molecule has 4 heterocycles. The molecule has 0 unspecified atom stereocenters. The molecule has 0 amide bonds. The van der Waals surface area contributed by atoms with Crippen molar-refractivity contribution in [3.05, 3.63) is 76.4 Å². The van der Waals surface area contributed by atoms with Gasteiger partial charge in [-0.1, -0.05) is 38.1 Å². The van der Waals surface area contributed by atoms with Gasteiger partial charge in [0.25, 0.3) is 0 Å². The summed E-state index contributed by atoms with van der Waals surface area (Å²) in [5.41, 5.74) is 8.86. The first-order chi connectivity index (χ1) is 18.6. The summed E-state index contributed by atoms with van der Waals surface area (Å²) in [4.78, 5) is 18.4. The Morgan fingerprint density at radius 2 is 1.74 bits per heavy atom. The molecule has 0 spiro atoms. The van der Waals surface area contributed by atoms with E-state index in [1.54, 1.807) is 0 Å². The van der Waals surface area contributed by atoms with Crippen LogP contribution in [0.3, 0.4) is 0 Å². The van der Waals surface area contributed by atoms with E-state index in [-0.39, 0.29) is 0 Å². The molecule has 6 nitrogen and oxygen atoms in total. The highest BCUT2D eigenvalue weighted by molar-refractivity contribution is 6.09. The zero-order chi connectivity index (χ0) is 25.5. The quantitative estimate of drug-likeness (QED) is 0.255. The predicted octanol–water partition coefficient (Wildman–Crippen LogP) is 7.28. The van der Waals surface area contributed by atoms with Gasteiger partial charge in [-0.15, -0.1) is 0 Å². The van der Waals surface area contributed by atoms with Crippen LogP contribution in [0.4, 0.5) is 5.69 Å². The molecule has 1 aliphatic rings. The lowest BCUT2D eigenvalue weighted by molar-refractivity contribution is 0.470. The van der Waals surface area contributed by atoms with Gasteiger partial charge in [-0.3, -0.25) is 4.98 Å². The van der Waals surface area contributed by atoms with Gasteiger partial charge >= 0.3 is 0 Å². The molecular weight excluding hydrogens is 472 g/mol. The molecular formula is C32H24N4O2. The summed E-state index contributed by atoms with van der Waals surface area (Å²) in [6, 6.07) is 18.5. The summed E-state index contributed by atoms with van der Waals surface area (Å²) in [5, 5.41) is 5.40. The van der Waals surface area contributed by atoms with E-state index in [1.807, 2.05) is 31.2 Å². The molecule has 0 radical (unpaired) electrons. The summed E-state index contributed by atoms with van der Waals surface area (Å²) >= 11 is 0. The fourth-order valence-electron chi connectivity index (χ4n) is 5.78. The Balaban J connectivity index is 1.37. The second-order valence-corrected chi connectivity index (χ2v) is 9.94. The van der Waals surface area contributed by atoms with Gasteiger partial charge in [0.15, 0.2) is 22.7 Å². The van der Waals surface area contributed by atoms with Crippen LogP contribution in [0.15, 0.2) is 64.0 Å². The first-order valence-electron chi connectivity index (χ1n) is 13.1. The molecule has 8 rings (SSSR count). The highest BCUT2D eigenvalue weighted by Crippen LogP contribution is 2.40. The van der Waals surface area contributed by atoms with Crippen LogP contribution in [0.1, 0.15) is 31.5 Å². The number of hydrogen-bond donors (Lipinski definition) is 1. The van der Waals surface area contributed by atoms with E-state index in [2.05, 4.69) is 55.2 Å². The molecule has 184 valence electrons. The maximum absolute atomic E-state index is 6.46. The van der Waals surface area contributed by atoms with Gasteiger partial charge in [-0.25, -0.2) is 9.98 Å². The molecule has 1 aliphatic heterocycles. The fraction of sp³-hybridized carbons (Fsp3) is 0.156. The zero-order valence-corrected chi connectivity index (χ0v) is 21.3. The Kier molecular flexibility index (Phi) is 4.30. The summed E-state index contributed by atoms with van der Waals surface area (Å²) < 4.78 is 12.9. The summed E-state index contributed by atoms with van der Waals surface area (Å²) in [6.07, 6.45) is 4.09. The third-order valence-electron chi connectivity index (χ3n) is 7.60. The number of rotatable bonds is 2. The van der Waals surface area contributed by atoms with Crippen LogP contribution in [0.25, 0.3) is 61.0 Å². The molecule has 0 bridgehead atoms. The molecule has 0 atom stereocenters. The van der Waals surface area contributed by atoms with Gasteiger partial charge in [0.2, 0.25) is 0 Å². The molecule has 4 aromatic carbocycles. The standard InChI is InChI=1S/C32H24N4O2/c1-4-8-17-19-11-25-29(14-23(19)33-21(17)5-2)38-32-16(3)31-30(15-27(32)35-25)37-28-13-24-20(12-26(28)36-31)18-9-6-7-10-22(18)34-24/h6-15,34H,4-5H2,1-3H3/b17-8-. The van der Waals surface area contributed by atoms with Crippen molar-refractivity contribution in [2.24, 2.45) is 4.99 Å². The minimum absolute atomic E-state index is 0.685. The van der Waals surface area contributed by atoms with Crippen LogP contribution in [-0.4, -0.2) is 15.0 Å². The fourth-order valence-corrected chi connectivity index (χ4v) is 5.78. The number of aromatic nitrogens is 3. The Bertz CT molecular complexity index is 2260. The van der Waals surface area contributed by atoms with E-state index in [0.717, 1.165) is 79.2 Å². The number of ether oxygens (including phenoxy) is 1. The van der Waals surface area contributed by atoms with Gasteiger partial charge in [0, 0.05) is 56.4 Å². The zero-order valence-electron chi connectivity index (χ0n) is 21.3. The van der Waals surface area contributed by atoms with Crippen LogP contribution < -0.4 is 15.3 Å². The smallest absolute Gasteiger partial charge is 0.158 e. The Labute approximate surface area is 217 Å². The van der Waals surface area contributed by atoms with Crippen molar-refractivity contribution in [1.29, 1.82) is 0 Å². The van der Waals surface area contributed by atoms with Crippen molar-refractivity contribution in [2.75, 3.05) is 0 Å². The van der Waals surface area contributed by atoms with Crippen LogP contribution in [0.2, 0.25) is 0 Å². The minimum atomic E-state index is 0.685. The van der Waals surface area contributed by atoms with E-state index in [1.165, 1.54) is 10.6 Å².